The summed E-state index contributed by atoms with van der Waals surface area (Å²) in [5, 5.41) is 9.12. The maximum atomic E-state index is 12.4. The molecule has 6 heteroatoms. The lowest BCUT2D eigenvalue weighted by Crippen LogP contribution is -3.00. The van der Waals surface area contributed by atoms with Crippen LogP contribution >= 0.6 is 0 Å². The van der Waals surface area contributed by atoms with Gasteiger partial charge in [0.1, 0.15) is 6.54 Å². The highest BCUT2D eigenvalue weighted by atomic mass is 35.5. The molecule has 0 fully saturated rings. The molecule has 0 aromatic heterocycles. The van der Waals surface area contributed by atoms with Gasteiger partial charge in [0.2, 0.25) is 0 Å². The highest BCUT2D eigenvalue weighted by Gasteiger charge is 2.26. The molecular formula is C16H32ClNO4. The molecule has 0 radical (unpaired) electrons. The minimum atomic E-state index is -3.55. The summed E-state index contributed by atoms with van der Waals surface area (Å²) < 4.78 is 71.3. The molecule has 0 aromatic rings. The van der Waals surface area contributed by atoms with Crippen molar-refractivity contribution in [2.45, 2.75) is 52.6 Å². The molecule has 0 saturated carbocycles. The first kappa shape index (κ1) is 10.9. The third-order valence-electron chi connectivity index (χ3n) is 2.98. The van der Waals surface area contributed by atoms with Gasteiger partial charge in [-0.1, -0.05) is 33.6 Å². The van der Waals surface area contributed by atoms with Crippen LogP contribution < -0.4 is 12.4 Å². The van der Waals surface area contributed by atoms with Crippen molar-refractivity contribution in [1.29, 1.82) is 0 Å². The van der Waals surface area contributed by atoms with Crippen LogP contribution in [0.4, 0.5) is 0 Å². The molecule has 5 nitrogen and oxygen atoms in total. The highest BCUT2D eigenvalue weighted by Crippen LogP contribution is 2.15. The van der Waals surface area contributed by atoms with Crippen molar-refractivity contribution in [3.8, 4) is 0 Å². The number of carboxylic acid groups (broad SMARTS) is 1. The zero-order valence-corrected chi connectivity index (χ0v) is 14.0. The van der Waals surface area contributed by atoms with E-state index in [4.69, 9.17) is 22.2 Å². The summed E-state index contributed by atoms with van der Waals surface area (Å²) in [6, 6.07) is 0. The summed E-state index contributed by atoms with van der Waals surface area (Å²) in [6.07, 6.45) is -0.671. The van der Waals surface area contributed by atoms with Crippen molar-refractivity contribution in [3.63, 3.8) is 0 Å². The van der Waals surface area contributed by atoms with Crippen LogP contribution in [0.15, 0.2) is 0 Å². The van der Waals surface area contributed by atoms with Crippen LogP contribution in [0, 0.1) is 11.8 Å². The first-order valence-corrected chi connectivity index (χ1v) is 7.07. The Hall–Kier alpha value is -0.810. The first-order chi connectivity index (χ1) is 13.3. The van der Waals surface area contributed by atoms with Gasteiger partial charge < -0.3 is 26.7 Å². The third-order valence-corrected chi connectivity index (χ3v) is 2.98. The number of esters is 1. The summed E-state index contributed by atoms with van der Waals surface area (Å²) >= 11 is 0. The number of nitrogens with zero attached hydrogens (tertiary/aromatic N) is 1. The molecule has 2 atom stereocenters. The molecular weight excluding hydrogens is 306 g/mol. The van der Waals surface area contributed by atoms with Crippen molar-refractivity contribution in [2.75, 3.05) is 27.5 Å². The number of halogens is 1. The molecule has 22 heavy (non-hydrogen) atoms. The van der Waals surface area contributed by atoms with Gasteiger partial charge >= 0.3 is 11.9 Å². The van der Waals surface area contributed by atoms with Gasteiger partial charge in [-0.05, 0) is 12.3 Å². The predicted octanol–water partition coefficient (Wildman–Crippen LogP) is -0.454. The molecule has 1 N–H and O–H groups in total. The zero-order valence-electron chi connectivity index (χ0n) is 22.3. The van der Waals surface area contributed by atoms with Gasteiger partial charge in [0.25, 0.3) is 0 Å². The lowest BCUT2D eigenvalue weighted by molar-refractivity contribution is -0.873. The molecule has 0 heterocycles. The van der Waals surface area contributed by atoms with Crippen LogP contribution in [0.1, 0.15) is 58.8 Å². The molecule has 0 aromatic carbocycles. The number of carbonyl (C=O) groups is 2. The molecule has 0 rings (SSSR count). The van der Waals surface area contributed by atoms with E-state index >= 15 is 0 Å². The molecule has 0 saturated heterocycles. The van der Waals surface area contributed by atoms with Crippen molar-refractivity contribution < 1.29 is 48.7 Å². The monoisotopic (exact) mass is 346 g/mol. The van der Waals surface area contributed by atoms with Gasteiger partial charge in [-0.2, -0.15) is 0 Å². The summed E-state index contributed by atoms with van der Waals surface area (Å²) in [4.78, 5) is 23.6. The standard InChI is InChI=1S/C16H31NO4.ClH/c1-12(2)8-7-9-13(3)16(20)21-14(10-15(18)19)11-17(4,5)6;/h12-14H,7-11H2,1-6H3;1H/i4D3,5D3,6D3;. The van der Waals surface area contributed by atoms with E-state index in [9.17, 15) is 9.59 Å². The molecule has 0 spiro atoms. The Kier molecular flexibility index (Phi) is 5.36. The fourth-order valence-corrected chi connectivity index (χ4v) is 1.87. The van der Waals surface area contributed by atoms with Gasteiger partial charge in [0, 0.05) is 0 Å². The zero-order chi connectivity index (χ0) is 24.1. The second-order valence-corrected chi connectivity index (χ2v) is 5.87. The average molecular weight is 347 g/mol. The van der Waals surface area contributed by atoms with Crippen LogP contribution in [0.2, 0.25) is 0 Å². The number of ether oxygens (including phenoxy) is 1. The topological polar surface area (TPSA) is 63.6 Å². The third kappa shape index (κ3) is 12.9. The van der Waals surface area contributed by atoms with Crippen molar-refractivity contribution in [2.24, 2.45) is 11.8 Å². The number of likely N-dealkylation sites (N-methyl/N-ethyl adjacent to an activating group) is 1. The predicted molar refractivity (Wildman–Crippen MR) is 82.9 cm³/mol. The lowest BCUT2D eigenvalue weighted by Gasteiger charge is -2.29. The van der Waals surface area contributed by atoms with E-state index in [0.29, 0.717) is 18.8 Å². The van der Waals surface area contributed by atoms with Crippen molar-refractivity contribution in [3.05, 3.63) is 0 Å². The summed E-state index contributed by atoms with van der Waals surface area (Å²) in [5.41, 5.74) is 0. The number of hydrogen-bond donors (Lipinski definition) is 1. The van der Waals surface area contributed by atoms with E-state index in [1.165, 1.54) is 0 Å². The SMILES string of the molecule is [2H]C([2H])([2H])[N+](CC(CC(=O)O)OC(=O)C(C)CCCC(C)C)(C([2H])([2H])[2H])C([2H])([2H])[2H].[Cl-]. The van der Waals surface area contributed by atoms with Crippen molar-refractivity contribution >= 4 is 11.9 Å². The van der Waals surface area contributed by atoms with E-state index in [-0.39, 0.29) is 12.4 Å². The van der Waals surface area contributed by atoms with Crippen LogP contribution in [0.5, 0.6) is 0 Å². The Morgan fingerprint density at radius 1 is 1.18 bits per heavy atom. The Labute approximate surface area is 153 Å². The van der Waals surface area contributed by atoms with Crippen LogP contribution in [0.25, 0.3) is 0 Å². The van der Waals surface area contributed by atoms with E-state index in [0.717, 1.165) is 6.42 Å². The Morgan fingerprint density at radius 2 is 1.77 bits per heavy atom. The normalized spacial score (nSPS) is 21.9. The lowest BCUT2D eigenvalue weighted by atomic mass is 10.00. The number of carboxylic acids is 1. The van der Waals surface area contributed by atoms with Gasteiger partial charge in [-0.15, -0.1) is 0 Å². The van der Waals surface area contributed by atoms with E-state index in [2.05, 4.69) is 0 Å². The van der Waals surface area contributed by atoms with Gasteiger partial charge in [0.05, 0.1) is 45.6 Å². The number of aliphatic carboxylic acids is 1. The van der Waals surface area contributed by atoms with Crippen LogP contribution in [0.3, 0.4) is 0 Å². The first-order valence-electron chi connectivity index (χ1n) is 11.6. The quantitative estimate of drug-likeness (QED) is 0.430. The smallest absolute Gasteiger partial charge is 0.309 e. The molecule has 0 aliphatic rings. The second-order valence-electron chi connectivity index (χ2n) is 5.87. The van der Waals surface area contributed by atoms with Gasteiger partial charge in [-0.3, -0.25) is 9.59 Å². The van der Waals surface area contributed by atoms with E-state index < -0.39 is 62.3 Å². The molecule has 0 aliphatic heterocycles. The minimum absolute atomic E-state index is 0. The van der Waals surface area contributed by atoms with Gasteiger partial charge in [0.15, 0.2) is 6.10 Å². The second kappa shape index (κ2) is 10.8. The minimum Gasteiger partial charge on any atom is -1.00 e. The maximum absolute atomic E-state index is 12.4. The molecule has 132 valence electrons. The van der Waals surface area contributed by atoms with E-state index in [1.807, 2.05) is 13.8 Å². The fraction of sp³-hybridized carbons (Fsp3) is 0.875. The Bertz CT molecular complexity index is 555. The number of rotatable bonds is 10. The van der Waals surface area contributed by atoms with Gasteiger partial charge in [-0.25, -0.2) is 0 Å². The number of quaternary nitrogens is 1. The molecule has 2 unspecified atom stereocenters. The molecule has 0 amide bonds. The largest absolute Gasteiger partial charge is 1.00 e. The fourth-order valence-electron chi connectivity index (χ4n) is 1.87. The van der Waals surface area contributed by atoms with Crippen LogP contribution in [-0.2, 0) is 14.3 Å². The highest BCUT2D eigenvalue weighted by molar-refractivity contribution is 5.73. The summed E-state index contributed by atoms with van der Waals surface area (Å²) in [7, 11) is 0. The van der Waals surface area contributed by atoms with Crippen LogP contribution in [-0.4, -0.2) is 55.1 Å². The summed E-state index contributed by atoms with van der Waals surface area (Å²) in [6.45, 7) is -6.29. The number of carbonyl (C=O) groups excluding carboxylic acids is 1. The summed E-state index contributed by atoms with van der Waals surface area (Å²) in [5.74, 6) is -2.54. The van der Waals surface area contributed by atoms with E-state index in [1.54, 1.807) is 6.92 Å². The Morgan fingerprint density at radius 3 is 2.23 bits per heavy atom. The molecule has 0 aliphatic carbocycles. The maximum Gasteiger partial charge on any atom is 0.309 e. The Balaban J connectivity index is 0. The average Bonchev–Trinajstić information content (AvgIpc) is 2.47. The molecule has 0 bridgehead atoms. The van der Waals surface area contributed by atoms with Crippen molar-refractivity contribution in [1.82, 2.24) is 0 Å². The number of hydrogen-bond acceptors (Lipinski definition) is 3.